The van der Waals surface area contributed by atoms with Crippen molar-refractivity contribution >= 4 is 0 Å². The van der Waals surface area contributed by atoms with Crippen LogP contribution >= 0.6 is 0 Å². The molecular formula is C15H25NO. The molecule has 0 amide bonds. The second kappa shape index (κ2) is 7.46. The molecule has 0 spiro atoms. The van der Waals surface area contributed by atoms with E-state index in [-0.39, 0.29) is 12.1 Å². The average molecular weight is 235 g/mol. The fourth-order valence-corrected chi connectivity index (χ4v) is 1.79. The molecule has 1 rings (SSSR count). The molecule has 1 aromatic carbocycles. The highest BCUT2D eigenvalue weighted by atomic mass is 16.5. The van der Waals surface area contributed by atoms with Crippen LogP contribution in [-0.4, -0.2) is 12.6 Å². The van der Waals surface area contributed by atoms with Gasteiger partial charge in [-0.05, 0) is 25.3 Å². The van der Waals surface area contributed by atoms with Crippen molar-refractivity contribution in [1.29, 1.82) is 0 Å². The maximum atomic E-state index is 6.14. The molecule has 0 aliphatic carbocycles. The molecule has 0 saturated carbocycles. The number of benzene rings is 1. The molecule has 0 aromatic heterocycles. The van der Waals surface area contributed by atoms with Crippen LogP contribution in [-0.2, 0) is 4.74 Å². The minimum atomic E-state index is 0.0344. The third kappa shape index (κ3) is 4.49. The molecule has 0 heterocycles. The standard InChI is InChI=1S/C15H25NO/c1-4-6-11-17-15(14(16)5-2)13-9-7-12(3)8-10-13/h7-10,14-15H,4-6,11,16H2,1-3H3. The van der Waals surface area contributed by atoms with E-state index in [4.69, 9.17) is 10.5 Å². The summed E-state index contributed by atoms with van der Waals surface area (Å²) in [6, 6.07) is 8.57. The van der Waals surface area contributed by atoms with Crippen LogP contribution in [0.2, 0.25) is 0 Å². The fourth-order valence-electron chi connectivity index (χ4n) is 1.79. The quantitative estimate of drug-likeness (QED) is 0.733. The van der Waals surface area contributed by atoms with E-state index >= 15 is 0 Å². The lowest BCUT2D eigenvalue weighted by Gasteiger charge is -2.24. The number of rotatable bonds is 7. The van der Waals surface area contributed by atoms with Crippen molar-refractivity contribution < 1.29 is 4.74 Å². The van der Waals surface area contributed by atoms with Crippen LogP contribution in [0, 0.1) is 6.92 Å². The van der Waals surface area contributed by atoms with Gasteiger partial charge in [-0.15, -0.1) is 0 Å². The van der Waals surface area contributed by atoms with Crippen molar-refractivity contribution in [3.8, 4) is 0 Å². The van der Waals surface area contributed by atoms with Gasteiger partial charge in [0.1, 0.15) is 0 Å². The molecule has 0 radical (unpaired) electrons. The normalized spacial score (nSPS) is 14.6. The Morgan fingerprint density at radius 3 is 2.35 bits per heavy atom. The first kappa shape index (κ1) is 14.2. The molecule has 0 saturated heterocycles. The number of nitrogens with two attached hydrogens (primary N) is 1. The van der Waals surface area contributed by atoms with E-state index in [0.717, 1.165) is 25.9 Å². The summed E-state index contributed by atoms with van der Waals surface area (Å²) in [4.78, 5) is 0. The summed E-state index contributed by atoms with van der Waals surface area (Å²) in [6.07, 6.45) is 3.22. The van der Waals surface area contributed by atoms with Gasteiger partial charge in [-0.3, -0.25) is 0 Å². The van der Waals surface area contributed by atoms with E-state index in [1.165, 1.54) is 11.1 Å². The Bertz CT molecular complexity index is 307. The van der Waals surface area contributed by atoms with Crippen LogP contribution in [0.4, 0.5) is 0 Å². The molecule has 17 heavy (non-hydrogen) atoms. The highest BCUT2D eigenvalue weighted by molar-refractivity contribution is 5.24. The van der Waals surface area contributed by atoms with Gasteiger partial charge in [0.2, 0.25) is 0 Å². The van der Waals surface area contributed by atoms with E-state index in [1.54, 1.807) is 0 Å². The summed E-state index contributed by atoms with van der Waals surface area (Å²) in [5.41, 5.74) is 8.61. The zero-order valence-corrected chi connectivity index (χ0v) is 11.3. The van der Waals surface area contributed by atoms with Crippen molar-refractivity contribution in [3.05, 3.63) is 35.4 Å². The van der Waals surface area contributed by atoms with Gasteiger partial charge in [0.25, 0.3) is 0 Å². The SMILES string of the molecule is CCCCOC(c1ccc(C)cc1)C(N)CC. The number of hydrogen-bond acceptors (Lipinski definition) is 2. The van der Waals surface area contributed by atoms with E-state index < -0.39 is 0 Å². The fraction of sp³-hybridized carbons (Fsp3) is 0.600. The van der Waals surface area contributed by atoms with Crippen LogP contribution in [0.5, 0.6) is 0 Å². The van der Waals surface area contributed by atoms with Gasteiger partial charge in [-0.25, -0.2) is 0 Å². The summed E-state index contributed by atoms with van der Waals surface area (Å²) >= 11 is 0. The minimum Gasteiger partial charge on any atom is -0.372 e. The van der Waals surface area contributed by atoms with Crippen LogP contribution in [0.25, 0.3) is 0 Å². The summed E-state index contributed by atoms with van der Waals surface area (Å²) < 4.78 is 5.94. The molecular weight excluding hydrogens is 210 g/mol. The Morgan fingerprint density at radius 1 is 1.18 bits per heavy atom. The van der Waals surface area contributed by atoms with Crippen molar-refractivity contribution in [2.45, 2.75) is 52.2 Å². The van der Waals surface area contributed by atoms with E-state index in [2.05, 4.69) is 45.0 Å². The first-order valence-electron chi connectivity index (χ1n) is 6.62. The lowest BCUT2D eigenvalue weighted by molar-refractivity contribution is 0.0318. The summed E-state index contributed by atoms with van der Waals surface area (Å²) in [5, 5.41) is 0. The molecule has 1 aromatic rings. The maximum Gasteiger partial charge on any atom is 0.0975 e. The number of hydrogen-bond donors (Lipinski definition) is 1. The first-order valence-corrected chi connectivity index (χ1v) is 6.62. The molecule has 0 aliphatic heterocycles. The van der Waals surface area contributed by atoms with Gasteiger partial charge in [0, 0.05) is 12.6 Å². The molecule has 2 nitrogen and oxygen atoms in total. The average Bonchev–Trinajstić information content (AvgIpc) is 2.35. The second-order valence-electron chi connectivity index (χ2n) is 4.63. The number of unbranched alkanes of at least 4 members (excludes halogenated alkanes) is 1. The monoisotopic (exact) mass is 235 g/mol. The Balaban J connectivity index is 2.71. The zero-order chi connectivity index (χ0) is 12.7. The predicted octanol–water partition coefficient (Wildman–Crippen LogP) is 3.59. The second-order valence-corrected chi connectivity index (χ2v) is 4.63. The van der Waals surface area contributed by atoms with Gasteiger partial charge in [0.15, 0.2) is 0 Å². The Labute approximate surface area is 105 Å². The summed E-state index contributed by atoms with van der Waals surface area (Å²) in [6.45, 7) is 7.16. The van der Waals surface area contributed by atoms with Gasteiger partial charge in [-0.1, -0.05) is 50.1 Å². The van der Waals surface area contributed by atoms with Crippen molar-refractivity contribution in [2.24, 2.45) is 5.73 Å². The lowest BCUT2D eigenvalue weighted by atomic mass is 10.00. The number of aryl methyl sites for hydroxylation is 1. The molecule has 0 bridgehead atoms. The largest absolute Gasteiger partial charge is 0.372 e. The van der Waals surface area contributed by atoms with Crippen LogP contribution < -0.4 is 5.73 Å². The van der Waals surface area contributed by atoms with Crippen molar-refractivity contribution in [1.82, 2.24) is 0 Å². The molecule has 2 unspecified atom stereocenters. The predicted molar refractivity (Wildman–Crippen MR) is 73.0 cm³/mol. The molecule has 2 heteroatoms. The van der Waals surface area contributed by atoms with Crippen LogP contribution in [0.3, 0.4) is 0 Å². The van der Waals surface area contributed by atoms with Crippen molar-refractivity contribution in [2.75, 3.05) is 6.61 Å². The van der Waals surface area contributed by atoms with Gasteiger partial charge >= 0.3 is 0 Å². The summed E-state index contributed by atoms with van der Waals surface area (Å²) in [7, 11) is 0. The topological polar surface area (TPSA) is 35.2 Å². The van der Waals surface area contributed by atoms with Gasteiger partial charge in [-0.2, -0.15) is 0 Å². The van der Waals surface area contributed by atoms with E-state index in [0.29, 0.717) is 0 Å². The molecule has 2 N–H and O–H groups in total. The maximum absolute atomic E-state index is 6.14. The Kier molecular flexibility index (Phi) is 6.23. The van der Waals surface area contributed by atoms with Crippen molar-refractivity contribution in [3.63, 3.8) is 0 Å². The van der Waals surface area contributed by atoms with E-state index in [1.807, 2.05) is 0 Å². The highest BCUT2D eigenvalue weighted by Crippen LogP contribution is 2.22. The minimum absolute atomic E-state index is 0.0344. The third-order valence-electron chi connectivity index (χ3n) is 3.06. The lowest BCUT2D eigenvalue weighted by Crippen LogP contribution is -2.29. The number of ether oxygens (including phenoxy) is 1. The van der Waals surface area contributed by atoms with Crippen LogP contribution in [0.1, 0.15) is 50.3 Å². The van der Waals surface area contributed by atoms with E-state index in [9.17, 15) is 0 Å². The smallest absolute Gasteiger partial charge is 0.0975 e. The molecule has 96 valence electrons. The third-order valence-corrected chi connectivity index (χ3v) is 3.06. The summed E-state index contributed by atoms with van der Waals surface area (Å²) in [5.74, 6) is 0. The van der Waals surface area contributed by atoms with Gasteiger partial charge in [0.05, 0.1) is 6.10 Å². The highest BCUT2D eigenvalue weighted by Gasteiger charge is 2.18. The first-order chi connectivity index (χ1) is 8.19. The molecule has 0 fully saturated rings. The molecule has 2 atom stereocenters. The Morgan fingerprint density at radius 2 is 1.82 bits per heavy atom. The van der Waals surface area contributed by atoms with Crippen LogP contribution in [0.15, 0.2) is 24.3 Å². The zero-order valence-electron chi connectivity index (χ0n) is 11.3. The Hall–Kier alpha value is -0.860. The molecule has 0 aliphatic rings. The van der Waals surface area contributed by atoms with Gasteiger partial charge < -0.3 is 10.5 Å².